The van der Waals surface area contributed by atoms with E-state index in [-0.39, 0.29) is 0 Å². The van der Waals surface area contributed by atoms with E-state index >= 15 is 0 Å². The summed E-state index contributed by atoms with van der Waals surface area (Å²) in [6.45, 7) is 5.09. The van der Waals surface area contributed by atoms with Crippen LogP contribution in [0.3, 0.4) is 0 Å². The summed E-state index contributed by atoms with van der Waals surface area (Å²) in [5.41, 5.74) is 6.22. The van der Waals surface area contributed by atoms with Crippen LogP contribution in [0.25, 0.3) is 10.9 Å². The highest BCUT2D eigenvalue weighted by atomic mass is 35.5. The smallest absolute Gasteiger partial charge is 0.0604 e. The van der Waals surface area contributed by atoms with Gasteiger partial charge in [-0.3, -0.25) is 9.97 Å². The largest absolute Gasteiger partial charge is 0.344 e. The molecule has 130 valence electrons. The first-order valence-electron chi connectivity index (χ1n) is 8.87. The number of benzene rings is 1. The van der Waals surface area contributed by atoms with E-state index in [0.29, 0.717) is 0 Å². The number of likely N-dealkylation sites (N-methyl/N-ethyl adjacent to an activating group) is 1. The van der Waals surface area contributed by atoms with Crippen molar-refractivity contribution in [3.8, 4) is 0 Å². The van der Waals surface area contributed by atoms with Gasteiger partial charge in [0.1, 0.15) is 0 Å². The fourth-order valence-corrected chi connectivity index (χ4v) is 3.93. The number of halogens is 1. The second-order valence-corrected chi connectivity index (χ2v) is 7.38. The molecule has 1 aliphatic rings. The van der Waals surface area contributed by atoms with E-state index in [0.717, 1.165) is 55.3 Å². The van der Waals surface area contributed by atoms with Crippen LogP contribution >= 0.6 is 11.6 Å². The molecule has 0 amide bonds. The Morgan fingerprint density at radius 1 is 1.12 bits per heavy atom. The zero-order valence-corrected chi connectivity index (χ0v) is 15.6. The number of nitrogens with zero attached hydrogens (tertiary/aromatic N) is 4. The molecule has 0 spiro atoms. The molecule has 5 heteroatoms. The molecule has 0 aliphatic carbocycles. The Labute approximate surface area is 153 Å². The Morgan fingerprint density at radius 2 is 1.96 bits per heavy atom. The number of hydrogen-bond donors (Lipinski definition) is 0. The number of aromatic nitrogens is 3. The van der Waals surface area contributed by atoms with Crippen LogP contribution in [0, 0.1) is 6.92 Å². The molecule has 0 atom stereocenters. The van der Waals surface area contributed by atoms with Crippen LogP contribution in [0.1, 0.15) is 22.6 Å². The summed E-state index contributed by atoms with van der Waals surface area (Å²) in [6, 6.07) is 6.29. The maximum Gasteiger partial charge on any atom is 0.0604 e. The number of rotatable bonds is 3. The predicted octanol–water partition coefficient (Wildman–Crippen LogP) is 3.67. The molecule has 0 N–H and O–H groups in total. The van der Waals surface area contributed by atoms with Gasteiger partial charge in [0.15, 0.2) is 0 Å². The summed E-state index contributed by atoms with van der Waals surface area (Å²) >= 11 is 6.29. The first-order chi connectivity index (χ1) is 12.1. The van der Waals surface area contributed by atoms with Crippen LogP contribution in [-0.2, 0) is 25.8 Å². The van der Waals surface area contributed by atoms with E-state index in [1.54, 1.807) is 0 Å². The fourth-order valence-electron chi connectivity index (χ4n) is 3.76. The van der Waals surface area contributed by atoms with Gasteiger partial charge in [-0.05, 0) is 44.2 Å². The van der Waals surface area contributed by atoms with Crippen molar-refractivity contribution in [1.29, 1.82) is 0 Å². The Bertz CT molecular complexity index is 898. The molecule has 1 aliphatic heterocycles. The lowest BCUT2D eigenvalue weighted by Crippen LogP contribution is -2.21. The Morgan fingerprint density at radius 3 is 2.76 bits per heavy atom. The first kappa shape index (κ1) is 16.6. The third kappa shape index (κ3) is 3.29. The monoisotopic (exact) mass is 354 g/mol. The highest BCUT2D eigenvalue weighted by Crippen LogP contribution is 2.31. The minimum Gasteiger partial charge on any atom is -0.344 e. The molecule has 3 heterocycles. The highest BCUT2D eigenvalue weighted by Gasteiger charge is 2.20. The van der Waals surface area contributed by atoms with Gasteiger partial charge < -0.3 is 9.47 Å². The second-order valence-electron chi connectivity index (χ2n) is 6.94. The molecule has 1 aromatic carbocycles. The van der Waals surface area contributed by atoms with Gasteiger partial charge >= 0.3 is 0 Å². The average molecular weight is 355 g/mol. The Kier molecular flexibility index (Phi) is 4.48. The third-order valence-electron chi connectivity index (χ3n) is 5.15. The van der Waals surface area contributed by atoms with E-state index in [9.17, 15) is 0 Å². The van der Waals surface area contributed by atoms with Crippen molar-refractivity contribution in [3.05, 3.63) is 58.3 Å². The molecule has 4 nitrogen and oxygen atoms in total. The normalized spacial score (nSPS) is 15.3. The summed E-state index contributed by atoms with van der Waals surface area (Å²) in [5, 5.41) is 2.13. The average Bonchev–Trinajstić information content (AvgIpc) is 2.75. The molecule has 0 saturated heterocycles. The predicted molar refractivity (Wildman–Crippen MR) is 102 cm³/mol. The lowest BCUT2D eigenvalue weighted by molar-refractivity contribution is 0.350. The summed E-state index contributed by atoms with van der Waals surface area (Å²) in [5.74, 6) is 0. The number of fused-ring (bicyclic) bond motifs is 3. The molecule has 3 aromatic rings. The molecular weight excluding hydrogens is 332 g/mol. The lowest BCUT2D eigenvalue weighted by atomic mass is 10.1. The zero-order chi connectivity index (χ0) is 17.4. The molecule has 0 bridgehead atoms. The number of hydrogen-bond acceptors (Lipinski definition) is 3. The maximum absolute atomic E-state index is 6.29. The van der Waals surface area contributed by atoms with Crippen molar-refractivity contribution in [2.75, 3.05) is 20.1 Å². The van der Waals surface area contributed by atoms with Crippen LogP contribution in [0.2, 0.25) is 5.02 Å². The molecular formula is C20H23ClN4. The van der Waals surface area contributed by atoms with E-state index in [1.165, 1.54) is 22.2 Å². The molecule has 0 fully saturated rings. The van der Waals surface area contributed by atoms with Crippen molar-refractivity contribution in [3.63, 3.8) is 0 Å². The van der Waals surface area contributed by atoms with Crippen molar-refractivity contribution >= 4 is 22.5 Å². The van der Waals surface area contributed by atoms with Crippen molar-refractivity contribution < 1.29 is 0 Å². The molecule has 0 unspecified atom stereocenters. The van der Waals surface area contributed by atoms with Crippen LogP contribution in [0.15, 0.2) is 30.6 Å². The van der Waals surface area contributed by atoms with Gasteiger partial charge in [-0.1, -0.05) is 11.6 Å². The van der Waals surface area contributed by atoms with Crippen LogP contribution in [-0.4, -0.2) is 39.6 Å². The van der Waals surface area contributed by atoms with Crippen molar-refractivity contribution in [1.82, 2.24) is 19.4 Å². The van der Waals surface area contributed by atoms with Gasteiger partial charge in [-0.2, -0.15) is 0 Å². The Balaban J connectivity index is 1.73. The number of aryl methyl sites for hydroxylation is 3. The first-order valence-corrected chi connectivity index (χ1v) is 9.25. The minimum absolute atomic E-state index is 0.814. The van der Waals surface area contributed by atoms with Gasteiger partial charge in [0.2, 0.25) is 0 Å². The fraction of sp³-hybridized carbons (Fsp3) is 0.400. The van der Waals surface area contributed by atoms with Gasteiger partial charge in [0, 0.05) is 66.5 Å². The van der Waals surface area contributed by atoms with E-state index in [1.807, 2.05) is 25.4 Å². The summed E-state index contributed by atoms with van der Waals surface area (Å²) < 4.78 is 2.47. The van der Waals surface area contributed by atoms with Crippen LogP contribution in [0.4, 0.5) is 0 Å². The molecule has 2 aromatic heterocycles. The van der Waals surface area contributed by atoms with E-state index < -0.39 is 0 Å². The molecule has 25 heavy (non-hydrogen) atoms. The second kappa shape index (κ2) is 6.77. The third-order valence-corrected chi connectivity index (χ3v) is 5.38. The topological polar surface area (TPSA) is 34.0 Å². The maximum atomic E-state index is 6.29. The lowest BCUT2D eigenvalue weighted by Gasteiger charge is -2.14. The quantitative estimate of drug-likeness (QED) is 0.719. The zero-order valence-electron chi connectivity index (χ0n) is 14.8. The van der Waals surface area contributed by atoms with Crippen LogP contribution in [0.5, 0.6) is 0 Å². The summed E-state index contributed by atoms with van der Waals surface area (Å²) in [6.07, 6.45) is 6.79. The Hall–Kier alpha value is -1.91. The van der Waals surface area contributed by atoms with Gasteiger partial charge in [-0.15, -0.1) is 0 Å². The SMILES string of the molecule is Cc1cnc(CCn2c3c(c4cc(Cl)ccc42)CCN(C)CC3)cn1. The highest BCUT2D eigenvalue weighted by molar-refractivity contribution is 6.31. The molecule has 4 rings (SSSR count). The van der Waals surface area contributed by atoms with Crippen LogP contribution < -0.4 is 0 Å². The summed E-state index contributed by atoms with van der Waals surface area (Å²) in [7, 11) is 2.20. The minimum atomic E-state index is 0.814. The molecule has 0 radical (unpaired) electrons. The van der Waals surface area contributed by atoms with E-state index in [4.69, 9.17) is 11.6 Å². The van der Waals surface area contributed by atoms with E-state index in [2.05, 4.69) is 38.6 Å². The van der Waals surface area contributed by atoms with Gasteiger partial charge in [-0.25, -0.2) is 0 Å². The van der Waals surface area contributed by atoms with Gasteiger partial charge in [0.25, 0.3) is 0 Å². The van der Waals surface area contributed by atoms with Gasteiger partial charge in [0.05, 0.1) is 11.4 Å². The van der Waals surface area contributed by atoms with Crippen molar-refractivity contribution in [2.24, 2.45) is 0 Å². The standard InChI is InChI=1S/C20H23ClN4/c1-14-12-23-16(13-22-14)5-10-25-19-4-3-15(21)11-18(19)17-6-8-24(2)9-7-20(17)25/h3-4,11-13H,5-10H2,1-2H3. The molecule has 0 saturated carbocycles. The summed E-state index contributed by atoms with van der Waals surface area (Å²) in [4.78, 5) is 11.3. The van der Waals surface area contributed by atoms with Crippen molar-refractivity contribution in [2.45, 2.75) is 32.7 Å².